The van der Waals surface area contributed by atoms with Crippen LogP contribution in [-0.2, 0) is 4.79 Å². The summed E-state index contributed by atoms with van der Waals surface area (Å²) in [6.45, 7) is 1.95. The molecule has 7 nitrogen and oxygen atoms in total. The summed E-state index contributed by atoms with van der Waals surface area (Å²) in [5.74, 6) is -0.330. The van der Waals surface area contributed by atoms with Crippen molar-refractivity contribution in [2.24, 2.45) is 0 Å². The van der Waals surface area contributed by atoms with Crippen molar-refractivity contribution in [3.05, 3.63) is 54.4 Å². The van der Waals surface area contributed by atoms with Crippen LogP contribution in [0.25, 0.3) is 11.0 Å². The maximum Gasteiger partial charge on any atom is 0.270 e. The Balaban J connectivity index is 1.70. The molecule has 128 valence electrons. The Morgan fingerprint density at radius 3 is 2.68 bits per heavy atom. The number of carbonyl (C=O) groups excluding carboxylic acids is 2. The molecule has 0 saturated carbocycles. The summed E-state index contributed by atoms with van der Waals surface area (Å²) in [4.78, 5) is 36.2. The number of H-pyrrole nitrogens is 1. The Hall–Kier alpha value is -3.22. The fourth-order valence-electron chi connectivity index (χ4n) is 2.50. The van der Waals surface area contributed by atoms with Gasteiger partial charge in [-0.05, 0) is 30.7 Å². The summed E-state index contributed by atoms with van der Waals surface area (Å²) in [6, 6.07) is 11.9. The Kier molecular flexibility index (Phi) is 5.03. The maximum atomic E-state index is 12.5. The third-order valence-electron chi connectivity index (χ3n) is 3.73. The minimum Gasteiger partial charge on any atom is -0.339 e. The number of benzene rings is 1. The maximum absolute atomic E-state index is 12.5. The van der Waals surface area contributed by atoms with Gasteiger partial charge in [0.1, 0.15) is 11.7 Å². The van der Waals surface area contributed by atoms with Crippen LogP contribution in [0.15, 0.2) is 48.7 Å². The number of carbonyl (C=O) groups is 2. The smallest absolute Gasteiger partial charge is 0.270 e. The van der Waals surface area contributed by atoms with E-state index in [4.69, 9.17) is 0 Å². The van der Waals surface area contributed by atoms with Crippen molar-refractivity contribution < 1.29 is 9.59 Å². The number of pyridine rings is 1. The first kappa shape index (κ1) is 16.6. The number of hydrogen-bond acceptors (Lipinski definition) is 4. The molecule has 3 aromatic rings. The number of nitrogens with zero attached hydrogens (tertiary/aromatic N) is 2. The topological polar surface area (TPSA) is 99.8 Å². The van der Waals surface area contributed by atoms with Crippen LogP contribution in [0.3, 0.4) is 0 Å². The Bertz CT molecular complexity index is 842. The minimum atomic E-state index is -0.660. The lowest BCUT2D eigenvalue weighted by Gasteiger charge is -2.16. The number of rotatable bonds is 6. The first-order chi connectivity index (χ1) is 12.2. The number of aromatic amines is 1. The molecule has 1 unspecified atom stereocenters. The highest BCUT2D eigenvalue weighted by atomic mass is 16.2. The number of aromatic nitrogens is 3. The lowest BCUT2D eigenvalue weighted by molar-refractivity contribution is -0.118. The standard InChI is InChI=1S/C18H19N5O2/c1-2-7-15(20-16(24)14-10-5-6-11-19-14)17(25)23-18-21-12-8-3-4-9-13(12)22-18/h3-6,8-11,15H,2,7H2,1H3,(H,20,24)(H2,21,22,23,25). The highest BCUT2D eigenvalue weighted by molar-refractivity contribution is 6.00. The molecule has 0 radical (unpaired) electrons. The Morgan fingerprint density at radius 1 is 1.16 bits per heavy atom. The predicted molar refractivity (Wildman–Crippen MR) is 95.1 cm³/mol. The van der Waals surface area contributed by atoms with E-state index in [1.807, 2.05) is 31.2 Å². The third-order valence-corrected chi connectivity index (χ3v) is 3.73. The Morgan fingerprint density at radius 2 is 1.96 bits per heavy atom. The second kappa shape index (κ2) is 7.57. The van der Waals surface area contributed by atoms with Crippen LogP contribution in [0.2, 0.25) is 0 Å². The van der Waals surface area contributed by atoms with Crippen LogP contribution < -0.4 is 10.6 Å². The monoisotopic (exact) mass is 337 g/mol. The number of imidazole rings is 1. The molecule has 3 N–H and O–H groups in total. The molecule has 2 amide bonds. The number of hydrogen-bond donors (Lipinski definition) is 3. The van der Waals surface area contributed by atoms with Gasteiger partial charge in [-0.1, -0.05) is 31.5 Å². The summed E-state index contributed by atoms with van der Waals surface area (Å²) >= 11 is 0. The fourth-order valence-corrected chi connectivity index (χ4v) is 2.50. The third kappa shape index (κ3) is 4.00. The summed E-state index contributed by atoms with van der Waals surface area (Å²) in [7, 11) is 0. The number of para-hydroxylation sites is 2. The molecule has 0 bridgehead atoms. The molecule has 1 atom stereocenters. The van der Waals surface area contributed by atoms with Gasteiger partial charge in [-0.2, -0.15) is 0 Å². The minimum absolute atomic E-state index is 0.278. The molecule has 1 aromatic carbocycles. The van der Waals surface area contributed by atoms with E-state index in [1.165, 1.54) is 6.20 Å². The van der Waals surface area contributed by atoms with Gasteiger partial charge in [-0.15, -0.1) is 0 Å². The SMILES string of the molecule is CCCC(NC(=O)c1ccccn1)C(=O)Nc1nc2ccccc2[nH]1. The van der Waals surface area contributed by atoms with E-state index in [9.17, 15) is 9.59 Å². The number of fused-ring (bicyclic) bond motifs is 1. The van der Waals surface area contributed by atoms with Crippen molar-refractivity contribution in [1.29, 1.82) is 0 Å². The zero-order valence-corrected chi connectivity index (χ0v) is 13.8. The van der Waals surface area contributed by atoms with E-state index < -0.39 is 6.04 Å². The van der Waals surface area contributed by atoms with Gasteiger partial charge in [0.05, 0.1) is 11.0 Å². The van der Waals surface area contributed by atoms with Crippen LogP contribution in [-0.4, -0.2) is 32.8 Å². The molecule has 2 heterocycles. The molecule has 0 fully saturated rings. The van der Waals surface area contributed by atoms with Crippen molar-refractivity contribution in [2.75, 3.05) is 5.32 Å². The molecular weight excluding hydrogens is 318 g/mol. The van der Waals surface area contributed by atoms with Gasteiger partial charge in [0.15, 0.2) is 0 Å². The molecule has 3 rings (SSSR count). The zero-order chi connectivity index (χ0) is 17.6. The summed E-state index contributed by atoms with van der Waals surface area (Å²) < 4.78 is 0. The van der Waals surface area contributed by atoms with E-state index in [2.05, 4.69) is 25.6 Å². The lowest BCUT2D eigenvalue weighted by Crippen LogP contribution is -2.44. The van der Waals surface area contributed by atoms with E-state index >= 15 is 0 Å². The van der Waals surface area contributed by atoms with Gasteiger partial charge in [-0.3, -0.25) is 19.9 Å². The number of anilines is 1. The van der Waals surface area contributed by atoms with Crippen LogP contribution in [0.4, 0.5) is 5.95 Å². The lowest BCUT2D eigenvalue weighted by atomic mass is 10.1. The van der Waals surface area contributed by atoms with Gasteiger partial charge in [0.2, 0.25) is 11.9 Å². The van der Waals surface area contributed by atoms with E-state index in [1.54, 1.807) is 18.2 Å². The van der Waals surface area contributed by atoms with Gasteiger partial charge < -0.3 is 10.3 Å². The average Bonchev–Trinajstić information content (AvgIpc) is 3.04. The summed E-state index contributed by atoms with van der Waals surface area (Å²) in [5.41, 5.74) is 1.88. The second-order valence-corrected chi connectivity index (χ2v) is 5.62. The zero-order valence-electron chi connectivity index (χ0n) is 13.8. The molecule has 2 aromatic heterocycles. The quantitative estimate of drug-likeness (QED) is 0.643. The van der Waals surface area contributed by atoms with Gasteiger partial charge in [0, 0.05) is 6.20 Å². The van der Waals surface area contributed by atoms with E-state index in [0.717, 1.165) is 17.5 Å². The molecule has 0 aliphatic carbocycles. The first-order valence-corrected chi connectivity index (χ1v) is 8.15. The van der Waals surface area contributed by atoms with Crippen LogP contribution >= 0.6 is 0 Å². The van der Waals surface area contributed by atoms with Crippen molar-refractivity contribution in [3.8, 4) is 0 Å². The second-order valence-electron chi connectivity index (χ2n) is 5.62. The van der Waals surface area contributed by atoms with E-state index in [0.29, 0.717) is 12.4 Å². The molecule has 7 heteroatoms. The highest BCUT2D eigenvalue weighted by Gasteiger charge is 2.22. The van der Waals surface area contributed by atoms with Gasteiger partial charge >= 0.3 is 0 Å². The largest absolute Gasteiger partial charge is 0.339 e. The highest BCUT2D eigenvalue weighted by Crippen LogP contribution is 2.14. The number of nitrogens with one attached hydrogen (secondary N) is 3. The normalized spacial score (nSPS) is 11.9. The molecule has 0 spiro atoms. The fraction of sp³-hybridized carbons (Fsp3) is 0.222. The molecule has 0 aliphatic rings. The van der Waals surface area contributed by atoms with Gasteiger partial charge in [-0.25, -0.2) is 4.98 Å². The average molecular weight is 337 g/mol. The molecule has 0 saturated heterocycles. The van der Waals surface area contributed by atoms with Crippen LogP contribution in [0, 0.1) is 0 Å². The van der Waals surface area contributed by atoms with Gasteiger partial charge in [0.25, 0.3) is 5.91 Å². The van der Waals surface area contributed by atoms with E-state index in [-0.39, 0.29) is 17.5 Å². The molecular formula is C18H19N5O2. The molecule has 0 aliphatic heterocycles. The summed E-state index contributed by atoms with van der Waals surface area (Å²) in [5, 5.41) is 5.47. The molecule has 25 heavy (non-hydrogen) atoms. The van der Waals surface area contributed by atoms with Crippen molar-refractivity contribution in [2.45, 2.75) is 25.8 Å². The Labute approximate surface area is 144 Å². The number of amides is 2. The van der Waals surface area contributed by atoms with Crippen molar-refractivity contribution in [1.82, 2.24) is 20.3 Å². The van der Waals surface area contributed by atoms with Crippen LogP contribution in [0.5, 0.6) is 0 Å². The van der Waals surface area contributed by atoms with Crippen molar-refractivity contribution >= 4 is 28.8 Å². The summed E-state index contributed by atoms with van der Waals surface area (Å²) in [6.07, 6.45) is 2.81. The van der Waals surface area contributed by atoms with Crippen LogP contribution in [0.1, 0.15) is 30.3 Å². The predicted octanol–water partition coefficient (Wildman–Crippen LogP) is 2.50. The first-order valence-electron chi connectivity index (χ1n) is 8.15. The van der Waals surface area contributed by atoms with Crippen molar-refractivity contribution in [3.63, 3.8) is 0 Å².